The van der Waals surface area contributed by atoms with Gasteiger partial charge in [0, 0.05) is 25.7 Å². The Hall–Kier alpha value is -8.36. The topological polar surface area (TPSA) is 0 Å². The Morgan fingerprint density at radius 3 is 1.21 bits per heavy atom. The molecule has 0 saturated heterocycles. The highest BCUT2D eigenvalue weighted by Gasteiger charge is 2.34. The Bertz CT molecular complexity index is 3940. The molecule has 0 aliphatic heterocycles. The zero-order valence-electron chi connectivity index (χ0n) is 36.5. The first kappa shape index (κ1) is 38.0. The van der Waals surface area contributed by atoms with Crippen molar-refractivity contribution in [2.45, 2.75) is 0 Å². The number of thiophene rings is 1. The monoisotopic (exact) mass is 864 g/mol. The van der Waals surface area contributed by atoms with E-state index in [1.807, 2.05) is 11.3 Å². The van der Waals surface area contributed by atoms with E-state index in [9.17, 15) is 0 Å². The lowest BCUT2D eigenvalue weighted by molar-refractivity contribution is 1.54. The smallest absolute Gasteiger partial charge is 0.0434 e. The van der Waals surface area contributed by atoms with Gasteiger partial charge < -0.3 is 0 Å². The molecule has 1 heteroatoms. The molecule has 0 spiro atoms. The second-order valence-corrected chi connectivity index (χ2v) is 18.8. The van der Waals surface area contributed by atoms with Crippen LogP contribution in [-0.2, 0) is 0 Å². The standard InChI is InChI=1S/C66H40S/c1-5-20-41(21-6-1)59-60(42-22-7-2-8-23-42)62(44-26-11-4-12-27-44)65-54-37-36-50(52-33-19-34-53(63(52)54)64(65)61(59)43-24-9-3-10-25-43)55-39-47(40-56-51-32-17-18-35-57(51)67-66(55)56)58-48-30-15-13-28-45(48)38-46-29-14-16-31-49(46)58/h1-40H. The number of hydrogen-bond acceptors (Lipinski definition) is 1. The van der Waals surface area contributed by atoms with Gasteiger partial charge >= 0.3 is 0 Å². The molecule has 67 heavy (non-hydrogen) atoms. The van der Waals surface area contributed by atoms with Crippen molar-refractivity contribution in [1.82, 2.24) is 0 Å². The maximum absolute atomic E-state index is 2.50. The van der Waals surface area contributed by atoms with E-state index < -0.39 is 0 Å². The lowest BCUT2D eigenvalue weighted by atomic mass is 9.76. The molecule has 310 valence electrons. The highest BCUT2D eigenvalue weighted by molar-refractivity contribution is 7.26. The quantitative estimate of drug-likeness (QED) is 0.146. The number of benzene rings is 12. The van der Waals surface area contributed by atoms with Crippen LogP contribution in [0.3, 0.4) is 0 Å². The average Bonchev–Trinajstić information content (AvgIpc) is 3.95. The maximum Gasteiger partial charge on any atom is 0.0434 e. The van der Waals surface area contributed by atoms with Crippen LogP contribution in [0.5, 0.6) is 0 Å². The predicted octanol–water partition coefficient (Wildman–Crippen LogP) is 19.2. The summed E-state index contributed by atoms with van der Waals surface area (Å²) < 4.78 is 2.62. The molecular weight excluding hydrogens is 825 g/mol. The molecule has 0 nitrogen and oxygen atoms in total. The molecule has 1 heterocycles. The first-order chi connectivity index (χ1) is 33.3. The van der Waals surface area contributed by atoms with Gasteiger partial charge in [-0.25, -0.2) is 0 Å². The highest BCUT2D eigenvalue weighted by atomic mass is 32.1. The van der Waals surface area contributed by atoms with E-state index in [1.54, 1.807) is 0 Å². The fourth-order valence-corrected chi connectivity index (χ4v) is 12.6. The summed E-state index contributed by atoms with van der Waals surface area (Å²) in [5.41, 5.74) is 20.1. The van der Waals surface area contributed by atoms with Crippen LogP contribution >= 0.6 is 11.3 Å². The van der Waals surface area contributed by atoms with E-state index in [1.165, 1.54) is 142 Å². The molecule has 1 aliphatic rings. The third-order valence-electron chi connectivity index (χ3n) is 14.2. The molecule has 0 amide bonds. The van der Waals surface area contributed by atoms with Gasteiger partial charge in [0.05, 0.1) is 0 Å². The Balaban J connectivity index is 1.13. The fraction of sp³-hybridized carbons (Fsp3) is 0. The third-order valence-corrected chi connectivity index (χ3v) is 15.4. The van der Waals surface area contributed by atoms with Gasteiger partial charge in [0.1, 0.15) is 0 Å². The summed E-state index contributed by atoms with van der Waals surface area (Å²) in [5, 5.41) is 10.2. The molecule has 1 aromatic heterocycles. The fourth-order valence-electron chi connectivity index (χ4n) is 11.4. The summed E-state index contributed by atoms with van der Waals surface area (Å²) in [6.07, 6.45) is 0. The van der Waals surface area contributed by atoms with Crippen molar-refractivity contribution in [3.8, 4) is 89.0 Å². The molecule has 1 aliphatic carbocycles. The van der Waals surface area contributed by atoms with Crippen molar-refractivity contribution in [2.75, 3.05) is 0 Å². The first-order valence-electron chi connectivity index (χ1n) is 23.2. The van der Waals surface area contributed by atoms with Crippen molar-refractivity contribution >= 4 is 63.8 Å². The summed E-state index contributed by atoms with van der Waals surface area (Å²) in [4.78, 5) is 0. The average molecular weight is 865 g/mol. The summed E-state index contributed by atoms with van der Waals surface area (Å²) in [7, 11) is 0. The third kappa shape index (κ3) is 5.78. The molecular formula is C66H40S. The van der Waals surface area contributed by atoms with E-state index in [-0.39, 0.29) is 0 Å². The highest BCUT2D eigenvalue weighted by Crippen LogP contribution is 2.62. The number of fused-ring (bicyclic) bond motifs is 8. The molecule has 0 unspecified atom stereocenters. The Morgan fingerprint density at radius 1 is 0.224 bits per heavy atom. The van der Waals surface area contributed by atoms with E-state index in [2.05, 4.69) is 243 Å². The first-order valence-corrected chi connectivity index (χ1v) is 24.0. The van der Waals surface area contributed by atoms with Crippen molar-refractivity contribution < 1.29 is 0 Å². The summed E-state index contributed by atoms with van der Waals surface area (Å²) in [6, 6.07) is 90.3. The van der Waals surface area contributed by atoms with Gasteiger partial charge in [-0.2, -0.15) is 0 Å². The molecule has 13 aromatic rings. The zero-order valence-corrected chi connectivity index (χ0v) is 37.3. The molecule has 0 saturated carbocycles. The lowest BCUT2D eigenvalue weighted by Crippen LogP contribution is -1.99. The van der Waals surface area contributed by atoms with E-state index in [0.717, 1.165) is 0 Å². The van der Waals surface area contributed by atoms with Crippen LogP contribution in [0.15, 0.2) is 243 Å². The summed E-state index contributed by atoms with van der Waals surface area (Å²) in [6.45, 7) is 0. The van der Waals surface area contributed by atoms with Gasteiger partial charge in [-0.3, -0.25) is 0 Å². The summed E-state index contributed by atoms with van der Waals surface area (Å²) in [5.74, 6) is 0. The van der Waals surface area contributed by atoms with Crippen LogP contribution in [0.25, 0.3) is 142 Å². The van der Waals surface area contributed by atoms with Crippen LogP contribution in [0, 0.1) is 0 Å². The van der Waals surface area contributed by atoms with Crippen LogP contribution in [0.1, 0.15) is 0 Å². The Kier molecular flexibility index (Phi) is 8.56. The van der Waals surface area contributed by atoms with Gasteiger partial charge in [0.25, 0.3) is 0 Å². The van der Waals surface area contributed by atoms with Gasteiger partial charge in [-0.1, -0.05) is 218 Å². The zero-order chi connectivity index (χ0) is 44.0. The van der Waals surface area contributed by atoms with Crippen LogP contribution in [-0.4, -0.2) is 0 Å². The van der Waals surface area contributed by atoms with Gasteiger partial charge in [0.15, 0.2) is 0 Å². The van der Waals surface area contributed by atoms with E-state index in [4.69, 9.17) is 0 Å². The predicted molar refractivity (Wildman–Crippen MR) is 289 cm³/mol. The van der Waals surface area contributed by atoms with Crippen LogP contribution in [0.2, 0.25) is 0 Å². The van der Waals surface area contributed by atoms with Gasteiger partial charge in [-0.15, -0.1) is 11.3 Å². The van der Waals surface area contributed by atoms with Crippen LogP contribution in [0.4, 0.5) is 0 Å². The van der Waals surface area contributed by atoms with Crippen molar-refractivity contribution in [3.63, 3.8) is 0 Å². The SMILES string of the molecule is c1ccc(-c2c(-c3ccccc3)c(-c3ccccc3)c3c(c2-c2ccccc2)-c2cccc4c(-c5cc(-c6c7ccccc7cc7ccccc67)cc6c5sc5ccccc56)ccc-3c24)cc1. The molecule has 0 atom stereocenters. The Labute approximate surface area is 393 Å². The minimum atomic E-state index is 1.20. The van der Waals surface area contributed by atoms with Gasteiger partial charge in [-0.05, 0) is 140 Å². The Morgan fingerprint density at radius 2 is 0.657 bits per heavy atom. The second-order valence-electron chi connectivity index (χ2n) is 17.8. The van der Waals surface area contributed by atoms with Crippen LogP contribution < -0.4 is 0 Å². The summed E-state index contributed by atoms with van der Waals surface area (Å²) >= 11 is 1.91. The molecule has 0 radical (unpaired) electrons. The van der Waals surface area contributed by atoms with Crippen molar-refractivity contribution in [3.05, 3.63) is 243 Å². The largest absolute Gasteiger partial charge is 0.135 e. The maximum atomic E-state index is 2.50. The minimum Gasteiger partial charge on any atom is -0.135 e. The van der Waals surface area contributed by atoms with E-state index in [0.29, 0.717) is 0 Å². The molecule has 12 aromatic carbocycles. The van der Waals surface area contributed by atoms with E-state index >= 15 is 0 Å². The molecule has 0 bridgehead atoms. The van der Waals surface area contributed by atoms with Crippen molar-refractivity contribution in [1.29, 1.82) is 0 Å². The normalized spacial score (nSPS) is 11.9. The minimum absolute atomic E-state index is 1.20. The second kappa shape index (κ2) is 15.1. The lowest BCUT2D eigenvalue weighted by Gasteiger charge is -2.26. The molecule has 0 fully saturated rings. The van der Waals surface area contributed by atoms with Crippen molar-refractivity contribution in [2.24, 2.45) is 0 Å². The van der Waals surface area contributed by atoms with Gasteiger partial charge in [0.2, 0.25) is 0 Å². The number of rotatable bonds is 6. The molecule has 0 N–H and O–H groups in total. The molecule has 14 rings (SSSR count). The number of hydrogen-bond donors (Lipinski definition) is 0.